The third kappa shape index (κ3) is 3.11. The van der Waals surface area contributed by atoms with E-state index in [2.05, 4.69) is 0 Å². The molecule has 1 aliphatic heterocycles. The zero-order valence-corrected chi connectivity index (χ0v) is 13.8. The van der Waals surface area contributed by atoms with Crippen molar-refractivity contribution in [1.82, 2.24) is 0 Å². The molecule has 1 N–H and O–H groups in total. The Kier molecular flexibility index (Phi) is 4.40. The maximum Gasteiger partial charge on any atom is 0.136 e. The van der Waals surface area contributed by atoms with Crippen molar-refractivity contribution in [1.29, 1.82) is 0 Å². The van der Waals surface area contributed by atoms with E-state index >= 15 is 0 Å². The van der Waals surface area contributed by atoms with Gasteiger partial charge in [-0.25, -0.2) is 0 Å². The average molecular weight is 332 g/mol. The maximum atomic E-state index is 9.92. The predicted octanol–water partition coefficient (Wildman–Crippen LogP) is 4.48. The van der Waals surface area contributed by atoms with Crippen LogP contribution in [0.2, 0.25) is 0 Å². The molecule has 0 aromatic heterocycles. The van der Waals surface area contributed by atoms with Crippen LogP contribution in [0.3, 0.4) is 0 Å². The molecule has 25 heavy (non-hydrogen) atoms. The molecule has 0 aliphatic carbocycles. The van der Waals surface area contributed by atoms with Crippen LogP contribution in [0.1, 0.15) is 28.7 Å². The molecule has 0 bridgehead atoms. The Bertz CT molecular complexity index is 845. The molecule has 1 heterocycles. The van der Waals surface area contributed by atoms with E-state index in [4.69, 9.17) is 9.47 Å². The zero-order valence-electron chi connectivity index (χ0n) is 13.8. The molecule has 2 atom stereocenters. The minimum absolute atomic E-state index is 0.0364. The van der Waals surface area contributed by atoms with Gasteiger partial charge in [-0.2, -0.15) is 0 Å². The Morgan fingerprint density at radius 1 is 0.800 bits per heavy atom. The molecule has 3 heteroatoms. The minimum atomic E-state index is -0.241. The van der Waals surface area contributed by atoms with Gasteiger partial charge in [-0.05, 0) is 17.7 Å². The number of rotatable bonds is 5. The van der Waals surface area contributed by atoms with Gasteiger partial charge in [-0.1, -0.05) is 66.7 Å². The first kappa shape index (κ1) is 15.7. The number of aliphatic hydroxyl groups excluding tert-OH is 1. The molecule has 0 spiro atoms. The largest absolute Gasteiger partial charge is 0.488 e. The van der Waals surface area contributed by atoms with Crippen LogP contribution in [0.15, 0.2) is 78.9 Å². The van der Waals surface area contributed by atoms with Crippen molar-refractivity contribution < 1.29 is 14.6 Å². The quantitative estimate of drug-likeness (QED) is 0.749. The van der Waals surface area contributed by atoms with Crippen molar-refractivity contribution in [2.45, 2.75) is 18.6 Å². The summed E-state index contributed by atoms with van der Waals surface area (Å²) in [5, 5.41) is 9.92. The number of benzene rings is 3. The van der Waals surface area contributed by atoms with Crippen LogP contribution in [0.4, 0.5) is 0 Å². The predicted molar refractivity (Wildman–Crippen MR) is 96.9 cm³/mol. The van der Waals surface area contributed by atoms with E-state index in [0.717, 1.165) is 28.2 Å². The monoisotopic (exact) mass is 332 g/mol. The average Bonchev–Trinajstić information content (AvgIpc) is 3.06. The van der Waals surface area contributed by atoms with Crippen LogP contribution in [0, 0.1) is 0 Å². The third-order valence-corrected chi connectivity index (χ3v) is 4.60. The lowest BCUT2D eigenvalue weighted by atomic mass is 9.91. The molecule has 0 amide bonds. The lowest BCUT2D eigenvalue weighted by molar-refractivity contribution is 0.155. The van der Waals surface area contributed by atoms with Crippen molar-refractivity contribution >= 4 is 0 Å². The maximum absolute atomic E-state index is 9.92. The number of hydrogen-bond donors (Lipinski definition) is 1. The molecule has 0 radical (unpaired) electrons. The standard InChI is InChI=1S/C22H20O3/c23-14-19-17-10-4-7-13-21(17)25-22(19)18-11-5-6-12-20(18)24-15-16-8-2-1-3-9-16/h1-13,19,22-23H,14-15H2/t19-,22+/m1/s1. The van der Waals surface area contributed by atoms with E-state index in [0.29, 0.717) is 6.61 Å². The number of fused-ring (bicyclic) bond motifs is 1. The van der Waals surface area contributed by atoms with Crippen LogP contribution in [-0.4, -0.2) is 11.7 Å². The fourth-order valence-corrected chi connectivity index (χ4v) is 3.33. The summed E-state index contributed by atoms with van der Waals surface area (Å²) < 4.78 is 12.2. The molecule has 4 rings (SSSR count). The molecular weight excluding hydrogens is 312 g/mol. The lowest BCUT2D eigenvalue weighted by Crippen LogP contribution is -2.14. The summed E-state index contributed by atoms with van der Waals surface area (Å²) in [5.74, 6) is 1.55. The highest BCUT2D eigenvalue weighted by Gasteiger charge is 2.36. The normalized spacial score (nSPS) is 18.4. The molecule has 0 fully saturated rings. The van der Waals surface area contributed by atoms with E-state index < -0.39 is 0 Å². The zero-order chi connectivity index (χ0) is 17.1. The summed E-state index contributed by atoms with van der Waals surface area (Å²) in [6.07, 6.45) is -0.241. The molecule has 3 aromatic carbocycles. The van der Waals surface area contributed by atoms with Gasteiger partial charge >= 0.3 is 0 Å². The summed E-state index contributed by atoms with van der Waals surface area (Å²) in [7, 11) is 0. The van der Waals surface area contributed by atoms with E-state index in [9.17, 15) is 5.11 Å². The van der Waals surface area contributed by atoms with Crippen LogP contribution >= 0.6 is 0 Å². The Morgan fingerprint density at radius 2 is 1.48 bits per heavy atom. The van der Waals surface area contributed by atoms with Gasteiger partial charge < -0.3 is 14.6 Å². The lowest BCUT2D eigenvalue weighted by Gasteiger charge is -2.21. The first-order valence-corrected chi connectivity index (χ1v) is 8.49. The van der Waals surface area contributed by atoms with E-state index in [1.165, 1.54) is 0 Å². The van der Waals surface area contributed by atoms with Crippen molar-refractivity contribution in [3.8, 4) is 11.5 Å². The van der Waals surface area contributed by atoms with Gasteiger partial charge in [0.25, 0.3) is 0 Å². The Morgan fingerprint density at radius 3 is 2.28 bits per heavy atom. The molecule has 0 unspecified atom stereocenters. The third-order valence-electron chi connectivity index (χ3n) is 4.60. The number of para-hydroxylation sites is 2. The van der Waals surface area contributed by atoms with Crippen LogP contribution < -0.4 is 9.47 Å². The van der Waals surface area contributed by atoms with E-state index in [-0.39, 0.29) is 18.6 Å². The van der Waals surface area contributed by atoms with Gasteiger partial charge in [-0.3, -0.25) is 0 Å². The second-order valence-electron chi connectivity index (χ2n) is 6.18. The number of ether oxygens (including phenoxy) is 2. The smallest absolute Gasteiger partial charge is 0.136 e. The first-order chi connectivity index (χ1) is 12.4. The summed E-state index contributed by atoms with van der Waals surface area (Å²) in [5.41, 5.74) is 3.13. The van der Waals surface area contributed by atoms with Gasteiger partial charge in [0.15, 0.2) is 0 Å². The van der Waals surface area contributed by atoms with E-state index in [1.807, 2.05) is 78.9 Å². The van der Waals surface area contributed by atoms with Crippen LogP contribution in [0.25, 0.3) is 0 Å². The molecule has 0 saturated heterocycles. The Balaban J connectivity index is 1.61. The topological polar surface area (TPSA) is 38.7 Å². The number of hydrogen-bond acceptors (Lipinski definition) is 3. The summed E-state index contributed by atoms with van der Waals surface area (Å²) in [6, 6.07) is 25.9. The van der Waals surface area contributed by atoms with Crippen LogP contribution in [-0.2, 0) is 6.61 Å². The Labute approximate surface area is 147 Å². The minimum Gasteiger partial charge on any atom is -0.488 e. The second-order valence-corrected chi connectivity index (χ2v) is 6.18. The second kappa shape index (κ2) is 6.99. The van der Waals surface area contributed by atoms with Gasteiger partial charge in [0.05, 0.1) is 12.5 Å². The molecule has 0 saturated carbocycles. The highest BCUT2D eigenvalue weighted by atomic mass is 16.5. The van der Waals surface area contributed by atoms with Crippen molar-refractivity contribution in [3.63, 3.8) is 0 Å². The highest BCUT2D eigenvalue weighted by Crippen LogP contribution is 2.47. The molecule has 3 nitrogen and oxygen atoms in total. The summed E-state index contributed by atoms with van der Waals surface area (Å²) in [6.45, 7) is 0.538. The summed E-state index contributed by atoms with van der Waals surface area (Å²) >= 11 is 0. The van der Waals surface area contributed by atoms with Crippen molar-refractivity contribution in [2.24, 2.45) is 0 Å². The first-order valence-electron chi connectivity index (χ1n) is 8.49. The molecule has 1 aliphatic rings. The highest BCUT2D eigenvalue weighted by molar-refractivity contribution is 5.46. The number of aliphatic hydroxyl groups is 1. The Hall–Kier alpha value is -2.78. The summed E-state index contributed by atoms with van der Waals surface area (Å²) in [4.78, 5) is 0. The van der Waals surface area contributed by atoms with Gasteiger partial charge in [-0.15, -0.1) is 0 Å². The van der Waals surface area contributed by atoms with Gasteiger partial charge in [0.2, 0.25) is 0 Å². The SMILES string of the molecule is OC[C@@H]1c2ccccc2O[C@H]1c1ccccc1OCc1ccccc1. The van der Waals surface area contributed by atoms with Gasteiger partial charge in [0, 0.05) is 11.1 Å². The van der Waals surface area contributed by atoms with Gasteiger partial charge in [0.1, 0.15) is 24.2 Å². The van der Waals surface area contributed by atoms with Crippen molar-refractivity contribution in [2.75, 3.05) is 6.61 Å². The molecule has 126 valence electrons. The molecule has 3 aromatic rings. The molecular formula is C22H20O3. The fraction of sp³-hybridized carbons (Fsp3) is 0.182. The fourth-order valence-electron chi connectivity index (χ4n) is 3.33. The van der Waals surface area contributed by atoms with Crippen LogP contribution in [0.5, 0.6) is 11.5 Å². The van der Waals surface area contributed by atoms with Crippen molar-refractivity contribution in [3.05, 3.63) is 95.6 Å². The van der Waals surface area contributed by atoms with E-state index in [1.54, 1.807) is 0 Å².